The van der Waals surface area contributed by atoms with Gasteiger partial charge in [-0.3, -0.25) is 4.79 Å². The number of benzene rings is 1. The summed E-state index contributed by atoms with van der Waals surface area (Å²) >= 11 is 0. The van der Waals surface area contributed by atoms with Gasteiger partial charge in [0.25, 0.3) is 5.56 Å². The Morgan fingerprint density at radius 1 is 1.19 bits per heavy atom. The molecule has 0 spiro atoms. The molecule has 3 rings (SSSR count). The molecular formula is C15H15FN6O3S. The summed E-state index contributed by atoms with van der Waals surface area (Å²) in [5, 5.41) is 8.03. The van der Waals surface area contributed by atoms with E-state index in [9.17, 15) is 17.6 Å². The van der Waals surface area contributed by atoms with Crippen molar-refractivity contribution >= 4 is 10.0 Å². The zero-order chi connectivity index (χ0) is 18.6. The van der Waals surface area contributed by atoms with E-state index in [1.54, 1.807) is 0 Å². The second-order valence-electron chi connectivity index (χ2n) is 5.38. The first-order chi connectivity index (χ1) is 12.4. The number of hydrogen-bond acceptors (Lipinski definition) is 6. The molecule has 0 bridgehead atoms. The largest absolute Gasteiger partial charge is 0.268 e. The number of nitrogens with zero attached hydrogens (tertiary/aromatic N) is 5. The third-order valence-corrected chi connectivity index (χ3v) is 4.75. The molecule has 0 atom stereocenters. The molecule has 0 saturated heterocycles. The van der Waals surface area contributed by atoms with Crippen LogP contribution >= 0.6 is 0 Å². The number of rotatable bonds is 7. The van der Waals surface area contributed by atoms with Crippen molar-refractivity contribution in [3.63, 3.8) is 0 Å². The zero-order valence-electron chi connectivity index (χ0n) is 13.5. The summed E-state index contributed by atoms with van der Waals surface area (Å²) < 4.78 is 42.2. The summed E-state index contributed by atoms with van der Waals surface area (Å²) in [6.45, 7) is -0.00484. The van der Waals surface area contributed by atoms with Crippen LogP contribution in [0.4, 0.5) is 4.39 Å². The molecule has 0 aliphatic carbocycles. The van der Waals surface area contributed by atoms with E-state index in [1.165, 1.54) is 47.7 Å². The number of aromatic nitrogens is 5. The molecular weight excluding hydrogens is 363 g/mol. The molecule has 0 amide bonds. The normalized spacial score (nSPS) is 11.6. The van der Waals surface area contributed by atoms with Gasteiger partial charge in [0, 0.05) is 12.6 Å². The molecule has 2 aromatic heterocycles. The van der Waals surface area contributed by atoms with Gasteiger partial charge in [-0.25, -0.2) is 31.9 Å². The summed E-state index contributed by atoms with van der Waals surface area (Å²) in [5.41, 5.74) is -0.0424. The van der Waals surface area contributed by atoms with Crippen molar-refractivity contribution in [1.29, 1.82) is 0 Å². The monoisotopic (exact) mass is 378 g/mol. The molecule has 1 N–H and O–H groups in total. The van der Waals surface area contributed by atoms with E-state index in [-0.39, 0.29) is 24.4 Å². The fourth-order valence-electron chi connectivity index (χ4n) is 2.25. The van der Waals surface area contributed by atoms with Crippen LogP contribution in [0.5, 0.6) is 0 Å². The molecule has 0 fully saturated rings. The second-order valence-corrected chi connectivity index (χ2v) is 7.18. The van der Waals surface area contributed by atoms with E-state index in [2.05, 4.69) is 19.9 Å². The van der Waals surface area contributed by atoms with Gasteiger partial charge in [-0.1, -0.05) is 12.1 Å². The molecule has 0 aliphatic rings. The van der Waals surface area contributed by atoms with Gasteiger partial charge in [0.2, 0.25) is 10.0 Å². The van der Waals surface area contributed by atoms with Gasteiger partial charge in [-0.05, 0) is 23.8 Å². The van der Waals surface area contributed by atoms with Crippen LogP contribution < -0.4 is 10.3 Å². The summed E-state index contributed by atoms with van der Waals surface area (Å²) in [5.74, 6) is -0.477. The lowest BCUT2D eigenvalue weighted by Gasteiger charge is -2.09. The van der Waals surface area contributed by atoms with Crippen molar-refractivity contribution in [2.45, 2.75) is 12.3 Å². The number of nitrogens with one attached hydrogen (secondary N) is 1. The number of halogens is 1. The Labute approximate surface area is 148 Å². The molecule has 9 nitrogen and oxygen atoms in total. The van der Waals surface area contributed by atoms with Gasteiger partial charge in [0.05, 0.1) is 12.3 Å². The summed E-state index contributed by atoms with van der Waals surface area (Å²) in [7, 11) is -3.68. The Morgan fingerprint density at radius 2 is 2.04 bits per heavy atom. The lowest BCUT2D eigenvalue weighted by Crippen LogP contribution is -2.33. The Kier molecular flexibility index (Phi) is 5.19. The first kappa shape index (κ1) is 17.9. The average molecular weight is 378 g/mol. The summed E-state index contributed by atoms with van der Waals surface area (Å²) in [4.78, 5) is 15.7. The summed E-state index contributed by atoms with van der Waals surface area (Å²) in [6.07, 6.45) is 2.76. The van der Waals surface area contributed by atoms with Gasteiger partial charge in [-0.2, -0.15) is 5.10 Å². The molecule has 0 aliphatic heterocycles. The van der Waals surface area contributed by atoms with E-state index in [0.717, 1.165) is 10.7 Å². The molecule has 1 aromatic carbocycles. The van der Waals surface area contributed by atoms with Gasteiger partial charge in [0.1, 0.15) is 18.5 Å². The minimum atomic E-state index is -3.68. The lowest BCUT2D eigenvalue weighted by atomic mass is 10.2. The van der Waals surface area contributed by atoms with Crippen LogP contribution in [0, 0.1) is 5.82 Å². The van der Waals surface area contributed by atoms with E-state index in [1.807, 2.05) is 0 Å². The van der Waals surface area contributed by atoms with E-state index in [4.69, 9.17) is 0 Å². The Morgan fingerprint density at radius 3 is 2.77 bits per heavy atom. The zero-order valence-corrected chi connectivity index (χ0v) is 14.3. The van der Waals surface area contributed by atoms with E-state index >= 15 is 0 Å². The van der Waals surface area contributed by atoms with Crippen LogP contribution in [0.15, 0.2) is 53.8 Å². The SMILES string of the molecule is O=c1ccc(-n2cncn2)nn1CCNS(=O)(=O)Cc1cccc(F)c1. The minimum Gasteiger partial charge on any atom is -0.268 e. The topological polar surface area (TPSA) is 112 Å². The van der Waals surface area contributed by atoms with Crippen LogP contribution in [-0.2, 0) is 22.3 Å². The molecule has 11 heteroatoms. The second kappa shape index (κ2) is 7.54. The number of sulfonamides is 1. The quantitative estimate of drug-likeness (QED) is 0.623. The van der Waals surface area contributed by atoms with Crippen LogP contribution in [-0.4, -0.2) is 39.5 Å². The highest BCUT2D eigenvalue weighted by atomic mass is 32.2. The molecule has 26 heavy (non-hydrogen) atoms. The van der Waals surface area contributed by atoms with Crippen molar-refractivity contribution in [1.82, 2.24) is 29.3 Å². The average Bonchev–Trinajstić information content (AvgIpc) is 3.10. The Bertz CT molecular complexity index is 1050. The van der Waals surface area contributed by atoms with Crippen LogP contribution in [0.25, 0.3) is 5.82 Å². The highest BCUT2D eigenvalue weighted by molar-refractivity contribution is 7.88. The van der Waals surface area contributed by atoms with Crippen molar-refractivity contribution in [2.75, 3.05) is 6.54 Å². The summed E-state index contributed by atoms with van der Waals surface area (Å²) in [6, 6.07) is 8.17. The Hall–Kier alpha value is -2.92. The van der Waals surface area contributed by atoms with Crippen molar-refractivity contribution in [3.05, 3.63) is 70.8 Å². The van der Waals surface area contributed by atoms with Crippen molar-refractivity contribution in [3.8, 4) is 5.82 Å². The lowest BCUT2D eigenvalue weighted by molar-refractivity contribution is 0.541. The highest BCUT2D eigenvalue weighted by Gasteiger charge is 2.12. The van der Waals surface area contributed by atoms with E-state index in [0.29, 0.717) is 11.4 Å². The van der Waals surface area contributed by atoms with Crippen molar-refractivity contribution in [2.24, 2.45) is 0 Å². The van der Waals surface area contributed by atoms with Gasteiger partial charge >= 0.3 is 0 Å². The fourth-order valence-corrected chi connectivity index (χ4v) is 3.37. The van der Waals surface area contributed by atoms with Crippen molar-refractivity contribution < 1.29 is 12.8 Å². The molecule has 136 valence electrons. The third-order valence-electron chi connectivity index (χ3n) is 3.40. The predicted molar refractivity (Wildman–Crippen MR) is 90.4 cm³/mol. The third kappa shape index (κ3) is 4.58. The van der Waals surface area contributed by atoms with Crippen LogP contribution in [0.3, 0.4) is 0 Å². The smallest absolute Gasteiger partial charge is 0.266 e. The minimum absolute atomic E-state index is 0.0315. The van der Waals surface area contributed by atoms with Crippen LogP contribution in [0.1, 0.15) is 5.56 Å². The molecule has 2 heterocycles. The molecule has 3 aromatic rings. The fraction of sp³-hybridized carbons (Fsp3) is 0.200. The van der Waals surface area contributed by atoms with Gasteiger partial charge in [0.15, 0.2) is 5.82 Å². The van der Waals surface area contributed by atoms with E-state index < -0.39 is 15.8 Å². The predicted octanol–water partition coefficient (Wildman–Crippen LogP) is 0.0827. The maximum Gasteiger partial charge on any atom is 0.266 e. The van der Waals surface area contributed by atoms with Gasteiger partial charge < -0.3 is 0 Å². The maximum atomic E-state index is 13.1. The Balaban J connectivity index is 1.64. The number of hydrogen-bond donors (Lipinski definition) is 1. The molecule has 0 saturated carbocycles. The first-order valence-corrected chi connectivity index (χ1v) is 9.23. The molecule has 0 unspecified atom stereocenters. The van der Waals surface area contributed by atoms with Gasteiger partial charge in [-0.15, -0.1) is 5.10 Å². The van der Waals surface area contributed by atoms with Crippen LogP contribution in [0.2, 0.25) is 0 Å². The highest BCUT2D eigenvalue weighted by Crippen LogP contribution is 2.07. The first-order valence-electron chi connectivity index (χ1n) is 7.58. The maximum absolute atomic E-state index is 13.1. The molecule has 0 radical (unpaired) electrons. The standard InChI is InChI=1S/C15H15FN6O3S/c16-13-3-1-2-12(8-13)9-26(24,25)19-6-7-21-15(23)5-4-14(20-21)22-11-17-10-18-22/h1-5,8,10-11,19H,6-7,9H2.